The number of halogens is 4. The van der Waals surface area contributed by atoms with Crippen molar-refractivity contribution in [3.8, 4) is 11.5 Å². The fraction of sp³-hybridized carbons (Fsp3) is 0.500. The summed E-state index contributed by atoms with van der Waals surface area (Å²) in [6, 6.07) is 12.4. The lowest BCUT2D eigenvalue weighted by molar-refractivity contribution is 0.444. The Bertz CT molecular complexity index is 1180. The highest BCUT2D eigenvalue weighted by molar-refractivity contribution is 7.54. The van der Waals surface area contributed by atoms with Crippen LogP contribution in [0.1, 0.15) is 93.6 Å². The standard InChI is InChI=1S/C14H22O.C6H6O.C4H9Cl.Al.3ClH/c1-13(2,3)10-7-8-12(15)11(9-10)14(4,5)6;7-6-4-2-1-3-5-6;1-4(2,3)5;;;;/h7-9,15H,1-6H3;1-5,7H;1-3H3;;3*1H/q;;;+3;;;/p-3/i1D3,4D3,5D3;;1D3,2D3;;;;. The van der Waals surface area contributed by atoms with Crippen LogP contribution >= 0.6 is 41.7 Å². The summed E-state index contributed by atoms with van der Waals surface area (Å²) in [6.45, 7) is -8.65. The molecule has 2 rings (SSSR count). The van der Waals surface area contributed by atoms with Crippen molar-refractivity contribution >= 4 is 53.1 Å². The van der Waals surface area contributed by atoms with Crippen LogP contribution in [-0.4, -0.2) is 26.5 Å². The van der Waals surface area contributed by atoms with Crippen LogP contribution < -0.4 is 0 Å². The molecule has 0 saturated carbocycles. The first-order chi connectivity index (χ1) is 20.0. The molecule has 0 bridgehead atoms. The Morgan fingerprint density at radius 3 is 1.58 bits per heavy atom. The zero-order chi connectivity index (χ0) is 37.5. The first-order valence-corrected chi connectivity index (χ1v) is 14.3. The first kappa shape index (κ1) is 14.2. The zero-order valence-electron chi connectivity index (χ0n) is 32.6. The highest BCUT2D eigenvalue weighted by atomic mass is 35.8. The van der Waals surface area contributed by atoms with Gasteiger partial charge in [0.1, 0.15) is 11.5 Å². The van der Waals surface area contributed by atoms with Crippen molar-refractivity contribution in [2.75, 3.05) is 0 Å². The van der Waals surface area contributed by atoms with Crippen LogP contribution in [0.25, 0.3) is 0 Å². The van der Waals surface area contributed by atoms with Crippen LogP contribution in [0.3, 0.4) is 0 Å². The molecule has 0 amide bonds. The minimum absolute atomic E-state index is 0.232. The molecule has 2 N–H and O–H groups in total. The molecule has 2 aromatic carbocycles. The minimum atomic E-state index is -2.93. The Labute approximate surface area is 232 Å². The molecule has 0 fully saturated rings. The maximum Gasteiger partial charge on any atom is 0.643 e. The molecule has 2 aromatic rings. The summed E-state index contributed by atoms with van der Waals surface area (Å²) in [5.41, 5.74) is -3.77. The molecule has 0 saturated heterocycles. The lowest BCUT2D eigenvalue weighted by atomic mass is 9.80. The summed E-state index contributed by atoms with van der Waals surface area (Å²) in [7, 11) is 14.8. The van der Waals surface area contributed by atoms with Gasteiger partial charge in [0.15, 0.2) is 0 Å². The summed E-state index contributed by atoms with van der Waals surface area (Å²) >= 11 is 3.64. The lowest BCUT2D eigenvalue weighted by Crippen LogP contribution is -2.16. The number of hydrogen-bond donors (Lipinski definition) is 2. The molecule has 0 atom stereocenters. The highest BCUT2D eigenvalue weighted by Gasteiger charge is 2.21. The number of phenols is 2. The van der Waals surface area contributed by atoms with E-state index in [1.807, 2.05) is 6.07 Å². The van der Waals surface area contributed by atoms with Gasteiger partial charge < -0.3 is 10.2 Å². The molecule has 0 aliphatic heterocycles. The molecule has 2 nitrogen and oxygen atoms in total. The number of para-hydroxylation sites is 1. The number of hydrogen-bond acceptors (Lipinski definition) is 2. The van der Waals surface area contributed by atoms with Crippen LogP contribution in [-0.2, 0) is 10.8 Å². The average molecular weight is 541 g/mol. The maximum absolute atomic E-state index is 10.1. The quantitative estimate of drug-likeness (QED) is 0.258. The number of rotatable bonds is 0. The van der Waals surface area contributed by atoms with E-state index in [0.29, 0.717) is 5.75 Å². The van der Waals surface area contributed by atoms with Crippen molar-refractivity contribution in [1.29, 1.82) is 0 Å². The number of alkyl halides is 1. The fourth-order valence-corrected chi connectivity index (χ4v) is 1.75. The summed E-state index contributed by atoms with van der Waals surface area (Å²) in [5.74, 6) is -0.169. The van der Waals surface area contributed by atoms with E-state index in [-0.39, 0.29) is 11.1 Å². The van der Waals surface area contributed by atoms with Gasteiger partial charge in [-0.1, -0.05) is 71.7 Å². The highest BCUT2D eigenvalue weighted by Crippen LogP contribution is 2.34. The second-order valence-electron chi connectivity index (χ2n) is 7.07. The van der Waals surface area contributed by atoms with Crippen LogP contribution in [0.5, 0.6) is 11.5 Å². The van der Waals surface area contributed by atoms with E-state index in [2.05, 4.69) is 0 Å². The average Bonchev–Trinajstić information content (AvgIpc) is 2.81. The molecular formula is C24H37AlCl4O2. The van der Waals surface area contributed by atoms with Gasteiger partial charge in [-0.2, -0.15) is 0 Å². The zero-order valence-corrected chi connectivity index (χ0v) is 21.8. The molecule has 176 valence electrons. The molecule has 0 aliphatic rings. The Hall–Kier alpha value is -0.268. The van der Waals surface area contributed by atoms with E-state index in [0.717, 1.165) is 19.9 Å². The van der Waals surface area contributed by atoms with Gasteiger partial charge in [-0.05, 0) is 60.8 Å². The monoisotopic (exact) mass is 539 g/mol. The second kappa shape index (κ2) is 14.8. The van der Waals surface area contributed by atoms with E-state index in [9.17, 15) is 5.11 Å². The van der Waals surface area contributed by atoms with Crippen molar-refractivity contribution in [3.05, 3.63) is 59.7 Å². The van der Waals surface area contributed by atoms with E-state index >= 15 is 0 Å². The Morgan fingerprint density at radius 2 is 1.26 bits per heavy atom. The molecule has 0 aromatic heterocycles. The first-order valence-electron chi connectivity index (χ1n) is 16.2. The summed E-state index contributed by atoms with van der Waals surface area (Å²) < 4.78 is 110. The van der Waals surface area contributed by atoms with Gasteiger partial charge in [0, 0.05) is 25.4 Å². The fourth-order valence-electron chi connectivity index (χ4n) is 1.75. The molecule has 0 radical (unpaired) electrons. The van der Waals surface area contributed by atoms with Crippen molar-refractivity contribution in [2.24, 2.45) is 0 Å². The third-order valence-corrected chi connectivity index (χ3v) is 3.01. The van der Waals surface area contributed by atoms with Gasteiger partial charge in [-0.3, -0.25) is 0 Å². The summed E-state index contributed by atoms with van der Waals surface area (Å²) in [4.78, 5) is -2.15. The van der Waals surface area contributed by atoms with Gasteiger partial charge in [0.25, 0.3) is 0 Å². The van der Waals surface area contributed by atoms with Gasteiger partial charge in [0.2, 0.25) is 0 Å². The lowest BCUT2D eigenvalue weighted by Gasteiger charge is -2.25. The number of benzene rings is 2. The largest absolute Gasteiger partial charge is 0.643 e. The molecule has 0 heterocycles. The summed E-state index contributed by atoms with van der Waals surface area (Å²) in [5, 5.41) is 18.8. The van der Waals surface area contributed by atoms with Crippen LogP contribution in [0.4, 0.5) is 0 Å². The van der Waals surface area contributed by atoms with E-state index < -0.39 is 67.1 Å². The normalized spacial score (nSPS) is 20.2. The van der Waals surface area contributed by atoms with Crippen molar-refractivity contribution in [2.45, 2.75) is 77.7 Å². The maximum atomic E-state index is 10.1. The second-order valence-corrected chi connectivity index (χ2v) is 14.3. The minimum Gasteiger partial charge on any atom is -0.508 e. The Morgan fingerprint density at radius 1 is 0.774 bits per heavy atom. The molecule has 0 aliphatic carbocycles. The third-order valence-electron chi connectivity index (χ3n) is 3.01. The molecular weight excluding hydrogens is 489 g/mol. The van der Waals surface area contributed by atoms with E-state index in [1.54, 1.807) is 24.3 Å². The van der Waals surface area contributed by atoms with Gasteiger partial charge in [-0.25, -0.2) is 30.1 Å². The molecule has 0 spiro atoms. The number of phenolic OH excluding ortho intramolecular Hbond substituents is 2. The summed E-state index contributed by atoms with van der Waals surface area (Å²) in [6.07, 6.45) is 0. The van der Waals surface area contributed by atoms with Crippen molar-refractivity contribution < 1.29 is 30.8 Å². The van der Waals surface area contributed by atoms with Crippen LogP contribution in [0, 0.1) is 0 Å². The Balaban J connectivity index is 0. The van der Waals surface area contributed by atoms with Gasteiger partial charge in [0.05, 0.1) is 0 Å². The smallest absolute Gasteiger partial charge is 0.508 e. The topological polar surface area (TPSA) is 40.5 Å². The SMILES string of the molecule is Oc1ccccc1.[2H]C([2H])([2H])C(C)(C)c1ccc(O)c(C(C)(C([2H])([2H])[2H])C([2H])([2H])[2H])c1.[2H]C([2H])([2H])C(C)(Cl)C([2H])([2H])[2H].[Cl][Al]([Cl])[Cl]. The number of aromatic hydroxyl groups is 2. The van der Waals surface area contributed by atoms with E-state index in [4.69, 9.17) is 67.4 Å². The molecule has 7 heteroatoms. The van der Waals surface area contributed by atoms with Crippen LogP contribution in [0.2, 0.25) is 0 Å². The predicted octanol–water partition coefficient (Wildman–Crippen LogP) is 9.09. The Kier molecular flexibility index (Phi) is 6.78. The van der Waals surface area contributed by atoms with Gasteiger partial charge in [-0.15, -0.1) is 11.6 Å². The van der Waals surface area contributed by atoms with Crippen LogP contribution in [0.15, 0.2) is 48.5 Å². The molecule has 31 heavy (non-hydrogen) atoms. The third kappa shape index (κ3) is 21.3. The van der Waals surface area contributed by atoms with Crippen molar-refractivity contribution in [3.63, 3.8) is 0 Å². The van der Waals surface area contributed by atoms with E-state index in [1.165, 1.54) is 26.0 Å². The molecule has 0 unspecified atom stereocenters. The van der Waals surface area contributed by atoms with Crippen molar-refractivity contribution in [1.82, 2.24) is 0 Å². The predicted molar refractivity (Wildman–Crippen MR) is 143 cm³/mol. The van der Waals surface area contributed by atoms with Gasteiger partial charge >= 0.3 is 11.4 Å².